The Labute approximate surface area is 94.8 Å². The molecule has 4 nitrogen and oxygen atoms in total. The fraction of sp³-hybridized carbons (Fsp3) is 0.250. The molecule has 2 heterocycles. The number of nitrogens with zero attached hydrogens (tertiary/aromatic N) is 3. The number of aromatic nitrogens is 3. The first-order valence-electron chi connectivity index (χ1n) is 5.24. The largest absolute Gasteiger partial charge is 0.305 e. The Balaban J connectivity index is 1.92. The lowest BCUT2D eigenvalue weighted by Crippen LogP contribution is -2.19. The van der Waals surface area contributed by atoms with E-state index >= 15 is 0 Å². The Hall–Kier alpha value is -1.81. The lowest BCUT2D eigenvalue weighted by atomic mass is 10.2. The Bertz CT molecular complexity index is 416. The van der Waals surface area contributed by atoms with Gasteiger partial charge in [0.25, 0.3) is 0 Å². The molecule has 2 rings (SSSR count). The first-order chi connectivity index (χ1) is 7.86. The van der Waals surface area contributed by atoms with Gasteiger partial charge in [0, 0.05) is 43.6 Å². The molecule has 0 fully saturated rings. The fourth-order valence-corrected chi connectivity index (χ4v) is 1.41. The van der Waals surface area contributed by atoms with E-state index in [0.717, 1.165) is 12.2 Å². The summed E-state index contributed by atoms with van der Waals surface area (Å²) in [4.78, 5) is 12.4. The van der Waals surface area contributed by atoms with Gasteiger partial charge in [-0.1, -0.05) is 6.07 Å². The highest BCUT2D eigenvalue weighted by molar-refractivity contribution is 5.09. The van der Waals surface area contributed by atoms with Crippen LogP contribution in [0.1, 0.15) is 24.2 Å². The van der Waals surface area contributed by atoms with Crippen LogP contribution in [0.4, 0.5) is 0 Å². The van der Waals surface area contributed by atoms with Crippen LogP contribution in [0.2, 0.25) is 0 Å². The molecule has 2 aromatic heterocycles. The van der Waals surface area contributed by atoms with Gasteiger partial charge in [-0.3, -0.25) is 15.0 Å². The molecule has 0 aromatic carbocycles. The predicted molar refractivity (Wildman–Crippen MR) is 61.5 cm³/mol. The number of nitrogens with one attached hydrogen (secondary N) is 1. The van der Waals surface area contributed by atoms with Crippen LogP contribution in [-0.2, 0) is 6.54 Å². The second-order valence-electron chi connectivity index (χ2n) is 3.59. The molecule has 0 saturated heterocycles. The first kappa shape index (κ1) is 10.7. The van der Waals surface area contributed by atoms with E-state index in [1.54, 1.807) is 24.8 Å². The average molecular weight is 214 g/mol. The molecule has 16 heavy (non-hydrogen) atoms. The van der Waals surface area contributed by atoms with Gasteiger partial charge < -0.3 is 5.32 Å². The van der Waals surface area contributed by atoms with Crippen LogP contribution in [0.5, 0.6) is 0 Å². The van der Waals surface area contributed by atoms with Gasteiger partial charge in [0.15, 0.2) is 0 Å². The minimum Gasteiger partial charge on any atom is -0.305 e. The number of hydrogen-bond acceptors (Lipinski definition) is 4. The van der Waals surface area contributed by atoms with Gasteiger partial charge in [0.1, 0.15) is 0 Å². The molecule has 0 aliphatic rings. The molecule has 0 radical (unpaired) electrons. The van der Waals surface area contributed by atoms with Crippen LogP contribution in [0.15, 0.2) is 43.1 Å². The van der Waals surface area contributed by atoms with E-state index in [4.69, 9.17) is 0 Å². The van der Waals surface area contributed by atoms with Crippen LogP contribution < -0.4 is 5.32 Å². The van der Waals surface area contributed by atoms with Crippen LogP contribution in [0.25, 0.3) is 0 Å². The highest BCUT2D eigenvalue weighted by atomic mass is 14.9. The van der Waals surface area contributed by atoms with Crippen molar-refractivity contribution in [2.45, 2.75) is 19.5 Å². The second kappa shape index (κ2) is 5.32. The molecule has 1 atom stereocenters. The summed E-state index contributed by atoms with van der Waals surface area (Å²) in [6.45, 7) is 2.85. The Morgan fingerprint density at radius 1 is 1.19 bits per heavy atom. The van der Waals surface area contributed by atoms with E-state index in [-0.39, 0.29) is 6.04 Å². The molecule has 82 valence electrons. The van der Waals surface area contributed by atoms with Crippen molar-refractivity contribution in [3.63, 3.8) is 0 Å². The SMILES string of the molecule is CC(NCc1cccnc1)c1cnccn1. The summed E-state index contributed by atoms with van der Waals surface area (Å²) in [7, 11) is 0. The average Bonchev–Trinajstić information content (AvgIpc) is 2.38. The Morgan fingerprint density at radius 3 is 2.75 bits per heavy atom. The van der Waals surface area contributed by atoms with Gasteiger partial charge >= 0.3 is 0 Å². The summed E-state index contributed by atoms with van der Waals surface area (Å²) < 4.78 is 0. The van der Waals surface area contributed by atoms with Crippen LogP contribution in [0.3, 0.4) is 0 Å². The molecule has 0 aliphatic heterocycles. The molecule has 0 aliphatic carbocycles. The maximum atomic E-state index is 4.25. The van der Waals surface area contributed by atoms with E-state index in [2.05, 4.69) is 27.2 Å². The van der Waals surface area contributed by atoms with Gasteiger partial charge in [0.2, 0.25) is 0 Å². The third kappa shape index (κ3) is 2.84. The summed E-state index contributed by atoms with van der Waals surface area (Å²) >= 11 is 0. The minimum absolute atomic E-state index is 0.189. The highest BCUT2D eigenvalue weighted by Crippen LogP contribution is 2.07. The standard InChI is InChI=1S/C12H14N4/c1-10(12-9-14-5-6-15-12)16-8-11-3-2-4-13-7-11/h2-7,9-10,16H,8H2,1H3. The smallest absolute Gasteiger partial charge is 0.0753 e. The number of rotatable bonds is 4. The first-order valence-corrected chi connectivity index (χ1v) is 5.24. The number of hydrogen-bond donors (Lipinski definition) is 1. The van der Waals surface area contributed by atoms with E-state index in [1.165, 1.54) is 5.56 Å². The molecule has 0 saturated carbocycles. The van der Waals surface area contributed by atoms with Gasteiger partial charge in [0.05, 0.1) is 5.69 Å². The normalized spacial score (nSPS) is 12.3. The molecular weight excluding hydrogens is 200 g/mol. The molecule has 4 heteroatoms. The van der Waals surface area contributed by atoms with Crippen molar-refractivity contribution in [2.75, 3.05) is 0 Å². The third-order valence-electron chi connectivity index (χ3n) is 2.36. The molecule has 0 bridgehead atoms. The molecule has 1 unspecified atom stereocenters. The van der Waals surface area contributed by atoms with Crippen molar-refractivity contribution in [3.05, 3.63) is 54.4 Å². The second-order valence-corrected chi connectivity index (χ2v) is 3.59. The Kier molecular flexibility index (Phi) is 3.56. The van der Waals surface area contributed by atoms with Gasteiger partial charge in [-0.05, 0) is 18.6 Å². The summed E-state index contributed by atoms with van der Waals surface area (Å²) in [5.74, 6) is 0. The fourth-order valence-electron chi connectivity index (χ4n) is 1.41. The van der Waals surface area contributed by atoms with Gasteiger partial charge in [-0.2, -0.15) is 0 Å². The zero-order valence-corrected chi connectivity index (χ0v) is 9.17. The maximum absolute atomic E-state index is 4.25. The van der Waals surface area contributed by atoms with Crippen LogP contribution in [-0.4, -0.2) is 15.0 Å². The quantitative estimate of drug-likeness (QED) is 0.842. The summed E-state index contributed by atoms with van der Waals surface area (Å²) in [5.41, 5.74) is 2.12. The Morgan fingerprint density at radius 2 is 2.06 bits per heavy atom. The summed E-state index contributed by atoms with van der Waals surface area (Å²) in [6, 6.07) is 4.17. The third-order valence-corrected chi connectivity index (χ3v) is 2.36. The lowest BCUT2D eigenvalue weighted by Gasteiger charge is -2.12. The van der Waals surface area contributed by atoms with E-state index in [0.29, 0.717) is 0 Å². The van der Waals surface area contributed by atoms with Crippen LogP contribution >= 0.6 is 0 Å². The topological polar surface area (TPSA) is 50.7 Å². The number of pyridine rings is 1. The van der Waals surface area contributed by atoms with Crippen molar-refractivity contribution in [1.29, 1.82) is 0 Å². The molecule has 0 spiro atoms. The highest BCUT2D eigenvalue weighted by Gasteiger charge is 2.05. The minimum atomic E-state index is 0.189. The zero-order valence-electron chi connectivity index (χ0n) is 9.17. The van der Waals surface area contributed by atoms with E-state index < -0.39 is 0 Å². The van der Waals surface area contributed by atoms with Crippen LogP contribution in [0, 0.1) is 0 Å². The molecule has 0 amide bonds. The monoisotopic (exact) mass is 214 g/mol. The van der Waals surface area contributed by atoms with Gasteiger partial charge in [-0.25, -0.2) is 0 Å². The summed E-state index contributed by atoms with van der Waals surface area (Å²) in [5, 5.41) is 3.37. The predicted octanol–water partition coefficient (Wildman–Crippen LogP) is 1.72. The van der Waals surface area contributed by atoms with Crippen molar-refractivity contribution in [1.82, 2.24) is 20.3 Å². The van der Waals surface area contributed by atoms with Crippen molar-refractivity contribution in [2.24, 2.45) is 0 Å². The zero-order chi connectivity index (χ0) is 11.2. The van der Waals surface area contributed by atoms with Gasteiger partial charge in [-0.15, -0.1) is 0 Å². The van der Waals surface area contributed by atoms with Crippen molar-refractivity contribution in [3.8, 4) is 0 Å². The maximum Gasteiger partial charge on any atom is 0.0753 e. The van der Waals surface area contributed by atoms with Crippen molar-refractivity contribution < 1.29 is 0 Å². The van der Waals surface area contributed by atoms with Crippen molar-refractivity contribution >= 4 is 0 Å². The lowest BCUT2D eigenvalue weighted by molar-refractivity contribution is 0.558. The van der Waals surface area contributed by atoms with E-state index in [1.807, 2.05) is 18.3 Å². The molecule has 1 N–H and O–H groups in total. The summed E-state index contributed by atoms with van der Waals surface area (Å²) in [6.07, 6.45) is 8.79. The molecule has 2 aromatic rings. The van der Waals surface area contributed by atoms with E-state index in [9.17, 15) is 0 Å². The molecular formula is C12H14N4.